The summed E-state index contributed by atoms with van der Waals surface area (Å²) in [5.41, 5.74) is 6.09. The molecule has 0 saturated heterocycles. The van der Waals surface area contributed by atoms with Crippen LogP contribution in [-0.4, -0.2) is 39.0 Å². The lowest BCUT2D eigenvalue weighted by Gasteiger charge is -2.17. The molecule has 0 aliphatic rings. The second kappa shape index (κ2) is 9.32. The van der Waals surface area contributed by atoms with Gasteiger partial charge in [0.25, 0.3) is 0 Å². The van der Waals surface area contributed by atoms with Crippen LogP contribution in [0, 0.1) is 5.92 Å². The highest BCUT2D eigenvalue weighted by Gasteiger charge is 2.19. The summed E-state index contributed by atoms with van der Waals surface area (Å²) in [5.74, 6) is -0.398. The normalized spacial score (nSPS) is 13.6. The summed E-state index contributed by atoms with van der Waals surface area (Å²) < 4.78 is 27.7. The number of hydrogen-bond acceptors (Lipinski definition) is 5. The minimum Gasteiger partial charge on any atom is -0.490 e. The van der Waals surface area contributed by atoms with Crippen molar-refractivity contribution in [1.29, 1.82) is 0 Å². The number of anilines is 1. The first kappa shape index (κ1) is 22.0. The largest absolute Gasteiger partial charge is 0.490 e. The number of benzene rings is 1. The van der Waals surface area contributed by atoms with E-state index in [9.17, 15) is 13.2 Å². The SMILES string of the molecule is CC(N)C(C)C(=O)Nc1cc(Cl)ccc1OCCS(C)(=O)=O.Cl. The van der Waals surface area contributed by atoms with Crippen LogP contribution in [0.5, 0.6) is 5.75 Å². The Morgan fingerprint density at radius 2 is 2.00 bits per heavy atom. The van der Waals surface area contributed by atoms with Gasteiger partial charge in [0.2, 0.25) is 5.91 Å². The maximum Gasteiger partial charge on any atom is 0.228 e. The molecule has 2 atom stereocenters. The van der Waals surface area contributed by atoms with Gasteiger partial charge >= 0.3 is 0 Å². The van der Waals surface area contributed by atoms with Crippen molar-refractivity contribution in [2.45, 2.75) is 19.9 Å². The molecule has 1 aromatic rings. The summed E-state index contributed by atoms with van der Waals surface area (Å²) in [6, 6.07) is 4.43. The number of hydrogen-bond donors (Lipinski definition) is 2. The molecule has 1 amide bonds. The first-order valence-electron chi connectivity index (χ1n) is 6.76. The van der Waals surface area contributed by atoms with Crippen LogP contribution < -0.4 is 15.8 Å². The van der Waals surface area contributed by atoms with Gasteiger partial charge in [-0.05, 0) is 25.1 Å². The van der Waals surface area contributed by atoms with Gasteiger partial charge in [0.05, 0.1) is 17.4 Å². The molecule has 1 aromatic carbocycles. The molecule has 6 nitrogen and oxygen atoms in total. The zero-order valence-corrected chi connectivity index (χ0v) is 15.6. The molecular formula is C14H22Cl2N2O4S. The van der Waals surface area contributed by atoms with Crippen molar-refractivity contribution in [2.75, 3.05) is 23.9 Å². The van der Waals surface area contributed by atoms with Crippen LogP contribution in [0.3, 0.4) is 0 Å². The van der Waals surface area contributed by atoms with Gasteiger partial charge in [0.15, 0.2) is 9.84 Å². The maximum atomic E-state index is 12.1. The van der Waals surface area contributed by atoms with Gasteiger partial charge in [0, 0.05) is 17.3 Å². The zero-order chi connectivity index (χ0) is 16.9. The first-order valence-corrected chi connectivity index (χ1v) is 9.20. The Kier molecular flexibility index (Phi) is 8.90. The molecule has 23 heavy (non-hydrogen) atoms. The van der Waals surface area contributed by atoms with E-state index in [2.05, 4.69) is 5.32 Å². The third-order valence-electron chi connectivity index (χ3n) is 3.11. The molecule has 132 valence electrons. The number of nitrogens with one attached hydrogen (secondary N) is 1. The van der Waals surface area contributed by atoms with Gasteiger partial charge < -0.3 is 15.8 Å². The fourth-order valence-electron chi connectivity index (χ4n) is 1.51. The molecule has 9 heteroatoms. The highest BCUT2D eigenvalue weighted by Crippen LogP contribution is 2.28. The van der Waals surface area contributed by atoms with Gasteiger partial charge in [-0.25, -0.2) is 8.42 Å². The Bertz CT molecular complexity index is 636. The lowest BCUT2D eigenvalue weighted by Crippen LogP contribution is -2.34. The summed E-state index contributed by atoms with van der Waals surface area (Å²) in [5, 5.41) is 3.13. The van der Waals surface area contributed by atoms with Crippen molar-refractivity contribution in [2.24, 2.45) is 11.7 Å². The number of halogens is 2. The summed E-state index contributed by atoms with van der Waals surface area (Å²) in [6.07, 6.45) is 1.13. The van der Waals surface area contributed by atoms with Crippen molar-refractivity contribution < 1.29 is 17.9 Å². The topological polar surface area (TPSA) is 98.5 Å². The predicted octanol–water partition coefficient (Wildman–Crippen LogP) is 2.11. The molecule has 0 saturated carbocycles. The van der Waals surface area contributed by atoms with Crippen LogP contribution in [0.2, 0.25) is 5.02 Å². The number of sulfone groups is 1. The van der Waals surface area contributed by atoms with E-state index >= 15 is 0 Å². The average molecular weight is 385 g/mol. The summed E-state index contributed by atoms with van der Waals surface area (Å²) in [4.78, 5) is 12.1. The lowest BCUT2D eigenvalue weighted by atomic mass is 10.0. The van der Waals surface area contributed by atoms with E-state index in [0.29, 0.717) is 16.5 Å². The fourth-order valence-corrected chi connectivity index (χ4v) is 2.07. The van der Waals surface area contributed by atoms with Crippen LogP contribution in [0.1, 0.15) is 13.8 Å². The molecule has 3 N–H and O–H groups in total. The van der Waals surface area contributed by atoms with Crippen molar-refractivity contribution in [1.82, 2.24) is 0 Å². The number of carbonyl (C=O) groups excluding carboxylic acids is 1. The Labute approximate surface area is 148 Å². The molecule has 0 radical (unpaired) electrons. The van der Waals surface area contributed by atoms with E-state index in [1.165, 1.54) is 0 Å². The molecule has 0 aromatic heterocycles. The number of nitrogens with two attached hydrogens (primary N) is 1. The Morgan fingerprint density at radius 3 is 2.52 bits per heavy atom. The highest BCUT2D eigenvalue weighted by atomic mass is 35.5. The van der Waals surface area contributed by atoms with Crippen molar-refractivity contribution in [3.05, 3.63) is 23.2 Å². The van der Waals surface area contributed by atoms with Gasteiger partial charge in [-0.15, -0.1) is 12.4 Å². The average Bonchev–Trinajstić information content (AvgIpc) is 2.38. The molecular weight excluding hydrogens is 363 g/mol. The Morgan fingerprint density at radius 1 is 1.39 bits per heavy atom. The zero-order valence-electron chi connectivity index (χ0n) is 13.2. The predicted molar refractivity (Wildman–Crippen MR) is 95.3 cm³/mol. The van der Waals surface area contributed by atoms with Crippen molar-refractivity contribution in [3.8, 4) is 5.75 Å². The summed E-state index contributed by atoms with van der Waals surface area (Å²) in [6.45, 7) is 3.45. The standard InChI is InChI=1S/C14H21ClN2O4S.ClH/c1-9(10(2)16)14(18)17-12-8-11(15)4-5-13(12)21-6-7-22(3,19)20;/h4-5,8-10H,6-7,16H2,1-3H3,(H,17,18);1H. The highest BCUT2D eigenvalue weighted by molar-refractivity contribution is 7.90. The molecule has 0 aliphatic heterocycles. The van der Waals surface area contributed by atoms with E-state index in [0.717, 1.165) is 6.26 Å². The molecule has 2 unspecified atom stereocenters. The van der Waals surface area contributed by atoms with Crippen LogP contribution in [0.25, 0.3) is 0 Å². The molecule has 0 bridgehead atoms. The molecule has 0 aliphatic carbocycles. The van der Waals surface area contributed by atoms with Gasteiger partial charge in [-0.3, -0.25) is 4.79 Å². The second-order valence-corrected chi connectivity index (χ2v) is 7.95. The minimum absolute atomic E-state index is 0. The third kappa shape index (κ3) is 7.87. The van der Waals surface area contributed by atoms with Gasteiger partial charge in [-0.1, -0.05) is 18.5 Å². The second-order valence-electron chi connectivity index (χ2n) is 5.26. The number of ether oxygens (including phenoxy) is 1. The van der Waals surface area contributed by atoms with Gasteiger partial charge in [-0.2, -0.15) is 0 Å². The number of rotatable bonds is 7. The lowest BCUT2D eigenvalue weighted by molar-refractivity contribution is -0.119. The quantitative estimate of drug-likeness (QED) is 0.749. The number of carbonyl (C=O) groups is 1. The smallest absolute Gasteiger partial charge is 0.228 e. The minimum atomic E-state index is -3.12. The fraction of sp³-hybridized carbons (Fsp3) is 0.500. The third-order valence-corrected chi connectivity index (χ3v) is 4.26. The van der Waals surface area contributed by atoms with Crippen LogP contribution >= 0.6 is 24.0 Å². The van der Waals surface area contributed by atoms with E-state index in [1.54, 1.807) is 32.0 Å². The van der Waals surface area contributed by atoms with Crippen molar-refractivity contribution >= 4 is 45.4 Å². The monoisotopic (exact) mass is 384 g/mol. The van der Waals surface area contributed by atoms with E-state index in [-0.39, 0.29) is 42.6 Å². The van der Waals surface area contributed by atoms with E-state index in [1.807, 2.05) is 0 Å². The maximum absolute atomic E-state index is 12.1. The Hall–Kier alpha value is -1.02. The summed E-state index contributed by atoms with van der Waals surface area (Å²) in [7, 11) is -3.12. The Balaban J connectivity index is 0.00000484. The summed E-state index contributed by atoms with van der Waals surface area (Å²) >= 11 is 5.92. The van der Waals surface area contributed by atoms with Gasteiger partial charge in [0.1, 0.15) is 12.4 Å². The molecule has 1 rings (SSSR count). The van der Waals surface area contributed by atoms with Crippen LogP contribution in [-0.2, 0) is 14.6 Å². The molecule has 0 heterocycles. The van der Waals surface area contributed by atoms with Crippen LogP contribution in [0.15, 0.2) is 18.2 Å². The first-order chi connectivity index (χ1) is 10.1. The molecule has 0 fully saturated rings. The van der Waals surface area contributed by atoms with E-state index < -0.39 is 9.84 Å². The number of amides is 1. The van der Waals surface area contributed by atoms with Crippen molar-refractivity contribution in [3.63, 3.8) is 0 Å². The van der Waals surface area contributed by atoms with Crippen LogP contribution in [0.4, 0.5) is 5.69 Å². The van der Waals surface area contributed by atoms with E-state index in [4.69, 9.17) is 22.1 Å². The molecule has 0 spiro atoms.